The maximum atomic E-state index is 12.4. The fraction of sp³-hybridized carbons (Fsp3) is 0.500. The predicted molar refractivity (Wildman–Crippen MR) is 94.3 cm³/mol. The first-order valence-electron chi connectivity index (χ1n) is 8.89. The molecule has 4 rings (SSSR count). The van der Waals surface area contributed by atoms with Crippen molar-refractivity contribution in [3.8, 4) is 5.75 Å². The Morgan fingerprint density at radius 2 is 2.12 bits per heavy atom. The van der Waals surface area contributed by atoms with E-state index in [1.165, 1.54) is 5.39 Å². The molecule has 4 nitrogen and oxygen atoms in total. The maximum Gasteiger partial charge on any atom is 0.225 e. The van der Waals surface area contributed by atoms with Gasteiger partial charge in [0.1, 0.15) is 5.75 Å². The average Bonchev–Trinajstić information content (AvgIpc) is 3.46. The highest BCUT2D eigenvalue weighted by atomic mass is 16.5. The smallest absolute Gasteiger partial charge is 0.225 e. The quantitative estimate of drug-likeness (QED) is 0.865. The molecule has 4 heteroatoms. The van der Waals surface area contributed by atoms with E-state index in [0.717, 1.165) is 61.2 Å². The van der Waals surface area contributed by atoms with Crippen molar-refractivity contribution in [3.05, 3.63) is 35.7 Å². The minimum absolute atomic E-state index is 0.305. The van der Waals surface area contributed by atoms with E-state index in [2.05, 4.69) is 24.0 Å². The van der Waals surface area contributed by atoms with Gasteiger partial charge in [-0.25, -0.2) is 0 Å². The van der Waals surface area contributed by atoms with Crippen molar-refractivity contribution in [1.82, 2.24) is 9.88 Å². The molecule has 0 N–H and O–H groups in total. The van der Waals surface area contributed by atoms with Crippen LogP contribution in [0, 0.1) is 12.8 Å². The summed E-state index contributed by atoms with van der Waals surface area (Å²) in [5.74, 6) is 1.92. The lowest BCUT2D eigenvalue weighted by Gasteiger charge is -2.32. The van der Waals surface area contributed by atoms with Gasteiger partial charge in [-0.2, -0.15) is 0 Å². The van der Waals surface area contributed by atoms with Gasteiger partial charge in [-0.15, -0.1) is 0 Å². The molecular weight excluding hydrogens is 300 g/mol. The fourth-order valence-corrected chi connectivity index (χ4v) is 3.81. The zero-order valence-corrected chi connectivity index (χ0v) is 14.4. The summed E-state index contributed by atoms with van der Waals surface area (Å²) in [5, 5.41) is 2.34. The highest BCUT2D eigenvalue weighted by molar-refractivity contribution is 5.87. The van der Waals surface area contributed by atoms with Crippen LogP contribution in [-0.2, 0) is 4.79 Å². The molecule has 0 radical (unpaired) electrons. The second-order valence-corrected chi connectivity index (χ2v) is 7.12. The van der Waals surface area contributed by atoms with Crippen molar-refractivity contribution >= 4 is 16.7 Å². The van der Waals surface area contributed by atoms with E-state index >= 15 is 0 Å². The van der Waals surface area contributed by atoms with Crippen LogP contribution in [0.5, 0.6) is 5.75 Å². The number of aromatic nitrogens is 1. The Morgan fingerprint density at radius 3 is 2.88 bits per heavy atom. The topological polar surface area (TPSA) is 42.4 Å². The van der Waals surface area contributed by atoms with Crippen molar-refractivity contribution in [2.45, 2.75) is 38.5 Å². The van der Waals surface area contributed by atoms with Crippen molar-refractivity contribution < 1.29 is 9.53 Å². The summed E-state index contributed by atoms with van der Waals surface area (Å²) in [7, 11) is 1.71. The van der Waals surface area contributed by atoms with Gasteiger partial charge in [0, 0.05) is 42.2 Å². The molecule has 1 amide bonds. The van der Waals surface area contributed by atoms with Crippen LogP contribution in [0.2, 0.25) is 0 Å². The molecular formula is C20H24N2O2. The SMILES string of the molecule is COc1ccc2cnc([C@@H]3CCCN(C(=O)C4CC4)C3)cc2c1C. The lowest BCUT2D eigenvalue weighted by atomic mass is 9.92. The molecule has 126 valence electrons. The Bertz CT molecular complexity index is 783. The molecule has 0 unspecified atom stereocenters. The molecule has 0 bridgehead atoms. The minimum Gasteiger partial charge on any atom is -0.496 e. The van der Waals surface area contributed by atoms with E-state index in [1.54, 1.807) is 7.11 Å². The van der Waals surface area contributed by atoms with Gasteiger partial charge in [-0.05, 0) is 61.8 Å². The van der Waals surface area contributed by atoms with Gasteiger partial charge in [0.25, 0.3) is 0 Å². The number of rotatable bonds is 3. The normalized spacial score (nSPS) is 21.1. The Morgan fingerprint density at radius 1 is 1.29 bits per heavy atom. The number of amides is 1. The molecule has 24 heavy (non-hydrogen) atoms. The van der Waals surface area contributed by atoms with Gasteiger partial charge < -0.3 is 9.64 Å². The number of likely N-dealkylation sites (tertiary alicyclic amines) is 1. The number of piperidine rings is 1. The lowest BCUT2D eigenvalue weighted by molar-refractivity contribution is -0.133. The molecule has 2 fully saturated rings. The summed E-state index contributed by atoms with van der Waals surface area (Å²) in [6.45, 7) is 3.82. The van der Waals surface area contributed by atoms with Crippen LogP contribution in [0.15, 0.2) is 24.4 Å². The van der Waals surface area contributed by atoms with Crippen LogP contribution in [0.3, 0.4) is 0 Å². The molecule has 1 aliphatic heterocycles. The largest absolute Gasteiger partial charge is 0.496 e. The van der Waals surface area contributed by atoms with Crippen molar-refractivity contribution in [1.29, 1.82) is 0 Å². The number of pyridine rings is 1. The van der Waals surface area contributed by atoms with E-state index in [1.807, 2.05) is 12.3 Å². The number of hydrogen-bond acceptors (Lipinski definition) is 3. The van der Waals surface area contributed by atoms with Gasteiger partial charge >= 0.3 is 0 Å². The van der Waals surface area contributed by atoms with Crippen LogP contribution in [0.25, 0.3) is 10.8 Å². The summed E-state index contributed by atoms with van der Waals surface area (Å²) < 4.78 is 5.45. The van der Waals surface area contributed by atoms with Gasteiger partial charge in [0.2, 0.25) is 5.91 Å². The van der Waals surface area contributed by atoms with Crippen LogP contribution in [0.1, 0.15) is 42.9 Å². The van der Waals surface area contributed by atoms with Crippen LogP contribution in [0.4, 0.5) is 0 Å². The van der Waals surface area contributed by atoms with Crippen molar-refractivity contribution in [2.75, 3.05) is 20.2 Å². The lowest BCUT2D eigenvalue weighted by Crippen LogP contribution is -2.40. The third kappa shape index (κ3) is 2.74. The third-order valence-electron chi connectivity index (χ3n) is 5.44. The molecule has 1 aromatic carbocycles. The number of ether oxygens (including phenoxy) is 1. The van der Waals surface area contributed by atoms with Gasteiger partial charge in [0.05, 0.1) is 7.11 Å². The maximum absolute atomic E-state index is 12.4. The highest BCUT2D eigenvalue weighted by Gasteiger charge is 2.35. The Balaban J connectivity index is 1.63. The number of carbonyl (C=O) groups is 1. The number of methoxy groups -OCH3 is 1. The first-order chi connectivity index (χ1) is 11.7. The zero-order chi connectivity index (χ0) is 16.7. The van der Waals surface area contributed by atoms with Crippen molar-refractivity contribution in [3.63, 3.8) is 0 Å². The van der Waals surface area contributed by atoms with E-state index in [0.29, 0.717) is 17.7 Å². The first-order valence-corrected chi connectivity index (χ1v) is 8.89. The molecule has 1 saturated carbocycles. The van der Waals surface area contributed by atoms with E-state index in [4.69, 9.17) is 9.72 Å². The molecule has 1 atom stereocenters. The summed E-state index contributed by atoms with van der Waals surface area (Å²) in [6.07, 6.45) is 6.29. The van der Waals surface area contributed by atoms with Crippen LogP contribution >= 0.6 is 0 Å². The molecule has 0 spiro atoms. The second-order valence-electron chi connectivity index (χ2n) is 7.12. The molecule has 2 heterocycles. The number of hydrogen-bond donors (Lipinski definition) is 0. The monoisotopic (exact) mass is 324 g/mol. The molecule has 1 aromatic heterocycles. The van der Waals surface area contributed by atoms with Crippen LogP contribution in [-0.4, -0.2) is 36.0 Å². The first kappa shape index (κ1) is 15.4. The molecule has 2 aliphatic rings. The Labute approximate surface area is 142 Å². The van der Waals surface area contributed by atoms with Gasteiger partial charge in [-0.1, -0.05) is 0 Å². The van der Waals surface area contributed by atoms with Gasteiger partial charge in [-0.3, -0.25) is 9.78 Å². The molecule has 1 saturated heterocycles. The van der Waals surface area contributed by atoms with Gasteiger partial charge in [0.15, 0.2) is 0 Å². The number of benzene rings is 1. The molecule has 2 aromatic rings. The molecule has 1 aliphatic carbocycles. The summed E-state index contributed by atoms with van der Waals surface area (Å²) in [6, 6.07) is 6.25. The standard InChI is InChI=1S/C20H24N2O2/c1-13-17-10-18(21-11-15(17)7-8-19(13)24-2)16-4-3-9-22(12-16)20(23)14-5-6-14/h7-8,10-11,14,16H,3-6,9,12H2,1-2H3/t16-/m1/s1. The third-order valence-corrected chi connectivity index (χ3v) is 5.44. The number of aryl methyl sites for hydroxylation is 1. The predicted octanol–water partition coefficient (Wildman–Crippen LogP) is 3.67. The number of fused-ring (bicyclic) bond motifs is 1. The minimum atomic E-state index is 0.305. The highest BCUT2D eigenvalue weighted by Crippen LogP contribution is 2.35. The number of nitrogens with zero attached hydrogens (tertiary/aromatic N) is 2. The Hall–Kier alpha value is -2.10. The van der Waals surface area contributed by atoms with E-state index < -0.39 is 0 Å². The summed E-state index contributed by atoms with van der Waals surface area (Å²) in [4.78, 5) is 19.1. The second kappa shape index (κ2) is 6.08. The fourth-order valence-electron chi connectivity index (χ4n) is 3.81. The van der Waals surface area contributed by atoms with E-state index in [-0.39, 0.29) is 0 Å². The Kier molecular flexibility index (Phi) is 3.91. The summed E-state index contributed by atoms with van der Waals surface area (Å²) >= 11 is 0. The zero-order valence-electron chi connectivity index (χ0n) is 14.4. The number of carbonyl (C=O) groups excluding carboxylic acids is 1. The van der Waals surface area contributed by atoms with Crippen LogP contribution < -0.4 is 4.74 Å². The summed E-state index contributed by atoms with van der Waals surface area (Å²) in [5.41, 5.74) is 2.26. The van der Waals surface area contributed by atoms with Crippen molar-refractivity contribution in [2.24, 2.45) is 5.92 Å². The van der Waals surface area contributed by atoms with E-state index in [9.17, 15) is 4.79 Å². The average molecular weight is 324 g/mol.